The van der Waals surface area contributed by atoms with Gasteiger partial charge < -0.3 is 20.5 Å². The maximum Gasteiger partial charge on any atom is 0.223 e. The molecule has 5 nitrogen and oxygen atoms in total. The fraction of sp³-hybridized carbons (Fsp3) is 0.533. The van der Waals surface area contributed by atoms with Crippen LogP contribution in [-0.4, -0.2) is 30.8 Å². The van der Waals surface area contributed by atoms with Crippen LogP contribution >= 0.6 is 0 Å². The molecule has 1 amide bonds. The Kier molecular flexibility index (Phi) is 4.49. The molecule has 1 heterocycles. The SMILES string of the molecule is CC1OCCC1(C)NC(=O)CCOc1ccc(N)cc1. The third-order valence-corrected chi connectivity index (χ3v) is 3.79. The third-order valence-electron chi connectivity index (χ3n) is 3.79. The van der Waals surface area contributed by atoms with E-state index in [1.54, 1.807) is 24.3 Å². The van der Waals surface area contributed by atoms with Crippen molar-refractivity contribution < 1.29 is 14.3 Å². The normalized spacial score (nSPS) is 25.4. The van der Waals surface area contributed by atoms with E-state index in [9.17, 15) is 4.79 Å². The van der Waals surface area contributed by atoms with E-state index >= 15 is 0 Å². The number of rotatable bonds is 5. The lowest BCUT2D eigenvalue weighted by Gasteiger charge is -2.28. The molecule has 0 spiro atoms. The Morgan fingerprint density at radius 3 is 2.80 bits per heavy atom. The van der Waals surface area contributed by atoms with E-state index in [4.69, 9.17) is 15.2 Å². The summed E-state index contributed by atoms with van der Waals surface area (Å²) in [5.41, 5.74) is 6.02. The van der Waals surface area contributed by atoms with Crippen LogP contribution in [0.25, 0.3) is 0 Å². The third kappa shape index (κ3) is 3.63. The molecule has 0 aliphatic carbocycles. The minimum atomic E-state index is -0.266. The zero-order valence-electron chi connectivity index (χ0n) is 12.0. The minimum absolute atomic E-state index is 0.0136. The second kappa shape index (κ2) is 6.13. The van der Waals surface area contributed by atoms with Crippen molar-refractivity contribution in [3.8, 4) is 5.75 Å². The maximum absolute atomic E-state index is 11.9. The van der Waals surface area contributed by atoms with Crippen LogP contribution in [0, 0.1) is 0 Å². The zero-order chi connectivity index (χ0) is 14.6. The van der Waals surface area contributed by atoms with Gasteiger partial charge in [-0.15, -0.1) is 0 Å². The van der Waals surface area contributed by atoms with Crippen molar-refractivity contribution in [3.63, 3.8) is 0 Å². The van der Waals surface area contributed by atoms with Gasteiger partial charge in [0, 0.05) is 12.3 Å². The number of nitrogens with two attached hydrogens (primary N) is 1. The summed E-state index contributed by atoms with van der Waals surface area (Å²) >= 11 is 0. The van der Waals surface area contributed by atoms with Gasteiger partial charge in [-0.2, -0.15) is 0 Å². The zero-order valence-corrected chi connectivity index (χ0v) is 12.0. The van der Waals surface area contributed by atoms with E-state index < -0.39 is 0 Å². The van der Waals surface area contributed by atoms with Crippen molar-refractivity contribution >= 4 is 11.6 Å². The lowest BCUT2D eigenvalue weighted by atomic mass is 9.94. The Labute approximate surface area is 119 Å². The van der Waals surface area contributed by atoms with Gasteiger partial charge in [-0.05, 0) is 44.5 Å². The molecular formula is C15H22N2O3. The number of carbonyl (C=O) groups excluding carboxylic acids is 1. The Hall–Kier alpha value is -1.75. The molecule has 1 aliphatic rings. The number of anilines is 1. The smallest absolute Gasteiger partial charge is 0.223 e. The number of carbonyl (C=O) groups is 1. The molecule has 1 fully saturated rings. The minimum Gasteiger partial charge on any atom is -0.493 e. The predicted octanol–water partition coefficient (Wildman–Crippen LogP) is 1.72. The number of ether oxygens (including phenoxy) is 2. The molecule has 1 aromatic rings. The quantitative estimate of drug-likeness (QED) is 0.804. The van der Waals surface area contributed by atoms with Gasteiger partial charge in [0.1, 0.15) is 5.75 Å². The summed E-state index contributed by atoms with van der Waals surface area (Å²) in [4.78, 5) is 11.9. The van der Waals surface area contributed by atoms with E-state index in [1.165, 1.54) is 0 Å². The first-order valence-electron chi connectivity index (χ1n) is 6.90. The molecule has 3 N–H and O–H groups in total. The van der Waals surface area contributed by atoms with Gasteiger partial charge in [0.2, 0.25) is 5.91 Å². The molecule has 0 radical (unpaired) electrons. The highest BCUT2D eigenvalue weighted by Gasteiger charge is 2.37. The molecule has 110 valence electrons. The summed E-state index contributed by atoms with van der Waals surface area (Å²) in [6, 6.07) is 7.13. The van der Waals surface area contributed by atoms with Crippen molar-refractivity contribution in [1.29, 1.82) is 0 Å². The van der Waals surface area contributed by atoms with Crippen molar-refractivity contribution in [2.75, 3.05) is 18.9 Å². The van der Waals surface area contributed by atoms with E-state index in [-0.39, 0.29) is 17.6 Å². The van der Waals surface area contributed by atoms with Crippen molar-refractivity contribution in [1.82, 2.24) is 5.32 Å². The summed E-state index contributed by atoms with van der Waals surface area (Å²) in [6.45, 7) is 5.04. The first-order valence-corrected chi connectivity index (χ1v) is 6.90. The molecule has 0 saturated carbocycles. The van der Waals surface area contributed by atoms with Crippen LogP contribution < -0.4 is 15.8 Å². The van der Waals surface area contributed by atoms with Crippen LogP contribution in [-0.2, 0) is 9.53 Å². The number of nitrogen functional groups attached to an aromatic ring is 1. The van der Waals surface area contributed by atoms with Gasteiger partial charge in [0.05, 0.1) is 24.7 Å². The van der Waals surface area contributed by atoms with Gasteiger partial charge in [0.25, 0.3) is 0 Å². The van der Waals surface area contributed by atoms with Crippen LogP contribution in [0.1, 0.15) is 26.7 Å². The summed E-state index contributed by atoms with van der Waals surface area (Å²) in [6.07, 6.45) is 1.22. The highest BCUT2D eigenvalue weighted by Crippen LogP contribution is 2.25. The van der Waals surface area contributed by atoms with Crippen LogP contribution in [0.2, 0.25) is 0 Å². The Morgan fingerprint density at radius 1 is 1.50 bits per heavy atom. The lowest BCUT2D eigenvalue weighted by molar-refractivity contribution is -0.124. The number of benzene rings is 1. The lowest BCUT2D eigenvalue weighted by Crippen LogP contribution is -2.50. The molecule has 1 saturated heterocycles. The van der Waals surface area contributed by atoms with E-state index in [1.807, 2.05) is 13.8 Å². The fourth-order valence-corrected chi connectivity index (χ4v) is 2.21. The largest absolute Gasteiger partial charge is 0.493 e. The molecule has 2 unspecified atom stereocenters. The van der Waals surface area contributed by atoms with Crippen LogP contribution in [0.15, 0.2) is 24.3 Å². The highest BCUT2D eigenvalue weighted by atomic mass is 16.5. The average molecular weight is 278 g/mol. The molecule has 5 heteroatoms. The number of hydrogen-bond acceptors (Lipinski definition) is 4. The molecule has 0 aromatic heterocycles. The van der Waals surface area contributed by atoms with E-state index in [0.29, 0.717) is 25.3 Å². The number of nitrogens with one attached hydrogen (secondary N) is 1. The number of hydrogen-bond donors (Lipinski definition) is 2. The fourth-order valence-electron chi connectivity index (χ4n) is 2.21. The summed E-state index contributed by atoms with van der Waals surface area (Å²) in [7, 11) is 0. The van der Waals surface area contributed by atoms with Gasteiger partial charge in [-0.1, -0.05) is 0 Å². The molecule has 20 heavy (non-hydrogen) atoms. The Morgan fingerprint density at radius 2 is 2.20 bits per heavy atom. The average Bonchev–Trinajstić information content (AvgIpc) is 2.71. The van der Waals surface area contributed by atoms with Crippen LogP contribution in [0.4, 0.5) is 5.69 Å². The molecule has 2 atom stereocenters. The standard InChI is InChI=1S/C15H22N2O3/c1-11-15(2,8-10-19-11)17-14(18)7-9-20-13-5-3-12(16)4-6-13/h3-6,11H,7-10,16H2,1-2H3,(H,17,18). The number of amides is 1. The molecule has 2 rings (SSSR count). The first-order chi connectivity index (χ1) is 9.49. The van der Waals surface area contributed by atoms with E-state index in [2.05, 4.69) is 5.32 Å². The second-order valence-corrected chi connectivity index (χ2v) is 5.40. The van der Waals surface area contributed by atoms with Crippen molar-refractivity contribution in [2.45, 2.75) is 38.3 Å². The van der Waals surface area contributed by atoms with Gasteiger partial charge in [-0.25, -0.2) is 0 Å². The van der Waals surface area contributed by atoms with E-state index in [0.717, 1.165) is 12.2 Å². The van der Waals surface area contributed by atoms with Gasteiger partial charge in [0.15, 0.2) is 0 Å². The Bertz CT molecular complexity index is 461. The maximum atomic E-state index is 11.9. The summed E-state index contributed by atoms with van der Waals surface area (Å²) in [5.74, 6) is 0.705. The van der Waals surface area contributed by atoms with Crippen molar-refractivity contribution in [3.05, 3.63) is 24.3 Å². The summed E-state index contributed by atoms with van der Waals surface area (Å²) in [5, 5.41) is 3.04. The van der Waals surface area contributed by atoms with Crippen LogP contribution in [0.5, 0.6) is 5.75 Å². The van der Waals surface area contributed by atoms with Gasteiger partial charge >= 0.3 is 0 Å². The molecule has 1 aliphatic heterocycles. The summed E-state index contributed by atoms with van der Waals surface area (Å²) < 4.78 is 11.0. The predicted molar refractivity (Wildman–Crippen MR) is 77.5 cm³/mol. The molecule has 0 bridgehead atoms. The van der Waals surface area contributed by atoms with Gasteiger partial charge in [-0.3, -0.25) is 4.79 Å². The molecular weight excluding hydrogens is 256 g/mol. The highest BCUT2D eigenvalue weighted by molar-refractivity contribution is 5.77. The van der Waals surface area contributed by atoms with Crippen LogP contribution in [0.3, 0.4) is 0 Å². The Balaban J connectivity index is 1.74. The second-order valence-electron chi connectivity index (χ2n) is 5.40. The van der Waals surface area contributed by atoms with Crippen molar-refractivity contribution in [2.24, 2.45) is 0 Å². The topological polar surface area (TPSA) is 73.6 Å². The monoisotopic (exact) mass is 278 g/mol. The first kappa shape index (κ1) is 14.7. The molecule has 1 aromatic carbocycles.